The highest BCUT2D eigenvalue weighted by Crippen LogP contribution is 2.25. The largest absolute Gasteiger partial charge is 0.490 e. The van der Waals surface area contributed by atoms with Gasteiger partial charge in [-0.1, -0.05) is 41.5 Å². The van der Waals surface area contributed by atoms with Gasteiger partial charge in [0.05, 0.1) is 11.1 Å². The van der Waals surface area contributed by atoms with E-state index >= 15 is 0 Å². The first-order valence-corrected chi connectivity index (χ1v) is 16.6. The molecular weight excluding hydrogens is 652 g/mol. The molecule has 2 atom stereocenters. The Morgan fingerprint density at radius 3 is 1.29 bits per heavy atom. The maximum atomic E-state index is 11.8. The molecule has 0 aliphatic carbocycles. The van der Waals surface area contributed by atoms with Crippen molar-refractivity contribution in [3.8, 4) is 11.5 Å². The lowest BCUT2D eigenvalue weighted by atomic mass is 10.1. The molecule has 0 aliphatic rings. The van der Waals surface area contributed by atoms with Crippen molar-refractivity contribution in [3.05, 3.63) is 47.5 Å². The molecule has 13 heteroatoms. The minimum atomic E-state index is -0.670. The van der Waals surface area contributed by atoms with E-state index in [-0.39, 0.29) is 61.1 Å². The summed E-state index contributed by atoms with van der Waals surface area (Å²) in [6.45, 7) is 15.7. The van der Waals surface area contributed by atoms with E-state index in [9.17, 15) is 29.4 Å². The fourth-order valence-corrected chi connectivity index (χ4v) is 4.15. The van der Waals surface area contributed by atoms with Crippen LogP contribution in [0, 0.1) is 0 Å². The molecule has 0 fully saturated rings. The van der Waals surface area contributed by atoms with Gasteiger partial charge in [0.2, 0.25) is 11.8 Å². The van der Waals surface area contributed by atoms with Crippen molar-refractivity contribution in [1.29, 1.82) is 0 Å². The summed E-state index contributed by atoms with van der Waals surface area (Å²) in [6.07, 6.45) is 1.04. The number of anilines is 2. The van der Waals surface area contributed by atoms with Crippen LogP contribution in [-0.4, -0.2) is 84.2 Å². The zero-order valence-corrected chi connectivity index (χ0v) is 31.0. The minimum absolute atomic E-state index is 0. The highest BCUT2D eigenvalue weighted by molar-refractivity contribution is 6.00. The Kier molecular flexibility index (Phi) is 22.8. The number of nitrogens with one attached hydrogen (secondary N) is 4. The predicted octanol–water partition coefficient (Wildman–Crippen LogP) is 5.15. The molecule has 12 nitrogen and oxygen atoms in total. The summed E-state index contributed by atoms with van der Waals surface area (Å²) in [4.78, 5) is 47.0. The number of carbonyl (C=O) groups is 4. The van der Waals surface area contributed by atoms with Crippen molar-refractivity contribution in [1.82, 2.24) is 10.6 Å². The van der Waals surface area contributed by atoms with Crippen LogP contribution in [0.15, 0.2) is 36.4 Å². The molecule has 6 N–H and O–H groups in total. The van der Waals surface area contributed by atoms with Gasteiger partial charge in [-0.3, -0.25) is 19.2 Å². The Morgan fingerprint density at radius 1 is 0.653 bits per heavy atom. The Bertz CT molecular complexity index is 1220. The zero-order chi connectivity index (χ0) is 36.2. The highest BCUT2D eigenvalue weighted by atomic mass is 35.5. The molecule has 276 valence electrons. The second-order valence-electron chi connectivity index (χ2n) is 12.2. The highest BCUT2D eigenvalue weighted by Gasteiger charge is 2.15. The molecule has 2 amide bonds. The topological polar surface area (TPSA) is 175 Å². The normalized spacial score (nSPS) is 11.8. The van der Waals surface area contributed by atoms with Gasteiger partial charge in [-0.05, 0) is 63.1 Å². The van der Waals surface area contributed by atoms with Crippen molar-refractivity contribution in [2.24, 2.45) is 0 Å². The first kappa shape index (κ1) is 45.5. The molecule has 2 aromatic carbocycles. The number of halogens is 1. The first-order chi connectivity index (χ1) is 22.7. The molecule has 0 spiro atoms. The number of aliphatic hydroxyl groups excluding tert-OH is 2. The summed E-state index contributed by atoms with van der Waals surface area (Å²) in [5.41, 5.74) is 1.89. The van der Waals surface area contributed by atoms with E-state index in [4.69, 9.17) is 9.47 Å². The Labute approximate surface area is 297 Å². The summed E-state index contributed by atoms with van der Waals surface area (Å²) >= 11 is 0. The monoisotopic (exact) mass is 708 g/mol. The number of amides is 2. The summed E-state index contributed by atoms with van der Waals surface area (Å²) in [5.74, 6) is 0.309. The second kappa shape index (κ2) is 24.6. The van der Waals surface area contributed by atoms with E-state index < -0.39 is 12.2 Å². The van der Waals surface area contributed by atoms with Crippen LogP contribution in [0.3, 0.4) is 0 Å². The van der Waals surface area contributed by atoms with Gasteiger partial charge in [-0.2, -0.15) is 0 Å². The fraction of sp³-hybridized carbons (Fsp3) is 0.556. The van der Waals surface area contributed by atoms with Gasteiger partial charge < -0.3 is 41.0 Å². The quantitative estimate of drug-likeness (QED) is 0.101. The molecular formula is C36H57ClN4O8. The lowest BCUT2D eigenvalue weighted by Gasteiger charge is -2.17. The summed E-state index contributed by atoms with van der Waals surface area (Å²) < 4.78 is 11.2. The summed E-state index contributed by atoms with van der Waals surface area (Å²) in [6, 6.07) is 10.4. The predicted molar refractivity (Wildman–Crippen MR) is 196 cm³/mol. The average Bonchev–Trinajstić information content (AvgIpc) is 3.01. The Balaban J connectivity index is 0.000000922. The lowest BCUT2D eigenvalue weighted by molar-refractivity contribution is -0.117. The van der Waals surface area contributed by atoms with Crippen LogP contribution >= 0.6 is 12.4 Å². The number of carbonyl (C=O) groups excluding carboxylic acids is 4. The number of benzene rings is 2. The van der Waals surface area contributed by atoms with Crippen molar-refractivity contribution in [2.75, 3.05) is 36.9 Å². The standard InChI is InChI=1S/2C18H28N2O4.ClH/c2*1-5-6-18(23)20-14-7-8-17(16(9-14)13(4)21)24-11-15(22)10-19-12(2)3;/h2*7-9,12,15,19,22H,5-6,10-11H2,1-4H3,(H,20,23);1H. The van der Waals surface area contributed by atoms with Crippen molar-refractivity contribution >= 4 is 47.2 Å². The average molecular weight is 709 g/mol. The molecule has 0 radical (unpaired) electrons. The maximum absolute atomic E-state index is 11.8. The van der Waals surface area contributed by atoms with Crippen LogP contribution in [0.1, 0.15) is 102 Å². The van der Waals surface area contributed by atoms with Gasteiger partial charge in [0.15, 0.2) is 11.6 Å². The van der Waals surface area contributed by atoms with Gasteiger partial charge >= 0.3 is 0 Å². The molecule has 0 aromatic heterocycles. The molecule has 49 heavy (non-hydrogen) atoms. The molecule has 2 rings (SSSR count). The number of ketones is 2. The van der Waals surface area contributed by atoms with Crippen LogP contribution in [-0.2, 0) is 9.59 Å². The van der Waals surface area contributed by atoms with Gasteiger partial charge in [-0.25, -0.2) is 0 Å². The number of rotatable bonds is 20. The molecule has 0 bridgehead atoms. The van der Waals surface area contributed by atoms with Crippen molar-refractivity contribution < 1.29 is 38.9 Å². The van der Waals surface area contributed by atoms with Crippen LogP contribution in [0.2, 0.25) is 0 Å². The van der Waals surface area contributed by atoms with Gasteiger partial charge in [0, 0.05) is 49.4 Å². The first-order valence-electron chi connectivity index (χ1n) is 16.6. The minimum Gasteiger partial charge on any atom is -0.490 e. The number of hydrogen-bond donors (Lipinski definition) is 6. The Hall–Kier alpha value is -3.55. The van der Waals surface area contributed by atoms with E-state index in [0.29, 0.717) is 59.9 Å². The smallest absolute Gasteiger partial charge is 0.224 e. The molecule has 2 unspecified atom stereocenters. The molecule has 2 aromatic rings. The second-order valence-corrected chi connectivity index (χ2v) is 12.2. The van der Waals surface area contributed by atoms with E-state index in [1.807, 2.05) is 41.5 Å². The van der Waals surface area contributed by atoms with Crippen LogP contribution in [0.5, 0.6) is 11.5 Å². The van der Waals surface area contributed by atoms with E-state index in [1.165, 1.54) is 13.8 Å². The molecule has 0 aliphatic heterocycles. The van der Waals surface area contributed by atoms with E-state index in [1.54, 1.807) is 36.4 Å². The van der Waals surface area contributed by atoms with Crippen LogP contribution < -0.4 is 30.7 Å². The number of aliphatic hydroxyl groups is 2. The molecule has 0 heterocycles. The Morgan fingerprint density at radius 2 is 1.00 bits per heavy atom. The van der Waals surface area contributed by atoms with Crippen molar-refractivity contribution in [3.63, 3.8) is 0 Å². The summed E-state index contributed by atoms with van der Waals surface area (Å²) in [7, 11) is 0. The SMILES string of the molecule is CCCC(=O)Nc1ccc(OCC(O)CNC(C)C)c(C(C)=O)c1.CCCC(=O)Nc1ccc(OCC(O)CNC(C)C)c(C(C)=O)c1.Cl. The van der Waals surface area contributed by atoms with Crippen LogP contribution in [0.4, 0.5) is 11.4 Å². The fourth-order valence-electron chi connectivity index (χ4n) is 4.15. The van der Waals surface area contributed by atoms with Crippen molar-refractivity contribution in [2.45, 2.75) is 105 Å². The molecule has 0 saturated heterocycles. The third kappa shape index (κ3) is 19.3. The maximum Gasteiger partial charge on any atom is 0.224 e. The number of hydrogen-bond acceptors (Lipinski definition) is 10. The van der Waals surface area contributed by atoms with Gasteiger partial charge in [0.1, 0.15) is 36.9 Å². The van der Waals surface area contributed by atoms with Gasteiger partial charge in [-0.15, -0.1) is 12.4 Å². The lowest BCUT2D eigenvalue weighted by Crippen LogP contribution is -2.35. The van der Waals surface area contributed by atoms with E-state index in [0.717, 1.165) is 12.8 Å². The zero-order valence-electron chi connectivity index (χ0n) is 30.2. The third-order valence-electron chi connectivity index (χ3n) is 6.63. The number of ether oxygens (including phenoxy) is 2. The molecule has 0 saturated carbocycles. The third-order valence-corrected chi connectivity index (χ3v) is 6.63. The van der Waals surface area contributed by atoms with E-state index in [2.05, 4.69) is 21.3 Å². The number of Topliss-reactive ketones (excluding diaryl/α,β-unsaturated/α-hetero) is 2. The van der Waals surface area contributed by atoms with Crippen LogP contribution in [0.25, 0.3) is 0 Å². The summed E-state index contributed by atoms with van der Waals surface area (Å²) in [5, 5.41) is 31.5. The van der Waals surface area contributed by atoms with Gasteiger partial charge in [0.25, 0.3) is 0 Å².